The molecule has 0 aliphatic heterocycles. The van der Waals surface area contributed by atoms with Crippen molar-refractivity contribution in [1.82, 2.24) is 0 Å². The molecule has 1 heterocycles. The van der Waals surface area contributed by atoms with Crippen molar-refractivity contribution < 1.29 is 0 Å². The molecular weight excluding hydrogens is 272 g/mol. The van der Waals surface area contributed by atoms with Crippen LogP contribution in [-0.2, 0) is 0 Å². The fourth-order valence-electron chi connectivity index (χ4n) is 6.56. The zero-order chi connectivity index (χ0) is 13.3. The van der Waals surface area contributed by atoms with E-state index in [1.54, 1.807) is 0 Å². The normalized spacial score (nSPS) is 49.5. The fourth-order valence-corrected chi connectivity index (χ4v) is 7.87. The SMILES string of the molecule is CC12CC3CC(C)(C1)CC(C(Cl)c1cccs1)(C3)C2. The van der Waals surface area contributed by atoms with Gasteiger partial charge >= 0.3 is 0 Å². The minimum atomic E-state index is 0.245. The first-order valence-electron chi connectivity index (χ1n) is 7.60. The number of hydrogen-bond donors (Lipinski definition) is 0. The summed E-state index contributed by atoms with van der Waals surface area (Å²) in [7, 11) is 0. The van der Waals surface area contributed by atoms with E-state index in [-0.39, 0.29) is 5.38 Å². The highest BCUT2D eigenvalue weighted by molar-refractivity contribution is 7.10. The molecule has 2 heteroatoms. The van der Waals surface area contributed by atoms with E-state index in [0.717, 1.165) is 5.92 Å². The first kappa shape index (κ1) is 12.7. The van der Waals surface area contributed by atoms with Gasteiger partial charge < -0.3 is 0 Å². The van der Waals surface area contributed by atoms with Gasteiger partial charge in [0.15, 0.2) is 0 Å². The minimum Gasteiger partial charge on any atom is -0.147 e. The average molecular weight is 295 g/mol. The van der Waals surface area contributed by atoms with Crippen molar-refractivity contribution in [2.45, 2.75) is 57.7 Å². The molecule has 4 fully saturated rings. The highest BCUT2D eigenvalue weighted by atomic mass is 35.5. The van der Waals surface area contributed by atoms with Gasteiger partial charge in [0.05, 0.1) is 5.38 Å². The molecule has 0 saturated heterocycles. The van der Waals surface area contributed by atoms with Gasteiger partial charge in [-0.3, -0.25) is 0 Å². The molecular formula is C17H23ClS. The van der Waals surface area contributed by atoms with Gasteiger partial charge in [0, 0.05) is 4.88 Å². The zero-order valence-corrected chi connectivity index (χ0v) is 13.5. The smallest absolute Gasteiger partial charge is 0.0735 e. The van der Waals surface area contributed by atoms with Crippen LogP contribution in [0.4, 0.5) is 0 Å². The van der Waals surface area contributed by atoms with Crippen LogP contribution < -0.4 is 0 Å². The van der Waals surface area contributed by atoms with Crippen LogP contribution in [0.1, 0.15) is 62.6 Å². The number of thiophene rings is 1. The topological polar surface area (TPSA) is 0 Å². The molecule has 0 N–H and O–H groups in total. The monoisotopic (exact) mass is 294 g/mol. The summed E-state index contributed by atoms with van der Waals surface area (Å²) >= 11 is 8.85. The fraction of sp³-hybridized carbons (Fsp3) is 0.765. The Morgan fingerprint density at radius 1 is 1.16 bits per heavy atom. The summed E-state index contributed by atoms with van der Waals surface area (Å²) in [6, 6.07) is 4.39. The van der Waals surface area contributed by atoms with Crippen molar-refractivity contribution in [2.75, 3.05) is 0 Å². The van der Waals surface area contributed by atoms with E-state index in [2.05, 4.69) is 31.4 Å². The Bertz CT molecular complexity index is 473. The molecule has 0 spiro atoms. The maximum atomic E-state index is 7.00. The molecule has 1 aromatic heterocycles. The van der Waals surface area contributed by atoms with Crippen LogP contribution in [0.3, 0.4) is 0 Å². The molecule has 4 aliphatic rings. The van der Waals surface area contributed by atoms with E-state index >= 15 is 0 Å². The Morgan fingerprint density at radius 3 is 2.37 bits per heavy atom. The minimum absolute atomic E-state index is 0.245. The van der Waals surface area contributed by atoms with Crippen LogP contribution in [0.25, 0.3) is 0 Å². The lowest BCUT2D eigenvalue weighted by Crippen LogP contribution is -2.56. The van der Waals surface area contributed by atoms with Gasteiger partial charge in [0.2, 0.25) is 0 Å². The summed E-state index contributed by atoms with van der Waals surface area (Å²) in [5.74, 6) is 0.937. The zero-order valence-electron chi connectivity index (χ0n) is 11.9. The largest absolute Gasteiger partial charge is 0.147 e. The summed E-state index contributed by atoms with van der Waals surface area (Å²) in [6.07, 6.45) is 8.45. The summed E-state index contributed by atoms with van der Waals surface area (Å²) in [6.45, 7) is 5.06. The Kier molecular flexibility index (Phi) is 2.54. The quantitative estimate of drug-likeness (QED) is 0.585. The Morgan fingerprint density at radius 2 is 1.84 bits per heavy atom. The van der Waals surface area contributed by atoms with Gasteiger partial charge in [0.1, 0.15) is 0 Å². The molecule has 3 unspecified atom stereocenters. The van der Waals surface area contributed by atoms with Crippen LogP contribution in [0.2, 0.25) is 0 Å². The number of alkyl halides is 1. The van der Waals surface area contributed by atoms with Gasteiger partial charge in [-0.05, 0) is 72.1 Å². The number of hydrogen-bond acceptors (Lipinski definition) is 1. The molecule has 104 valence electrons. The maximum Gasteiger partial charge on any atom is 0.0735 e. The van der Waals surface area contributed by atoms with Crippen molar-refractivity contribution >= 4 is 22.9 Å². The Balaban J connectivity index is 1.75. The van der Waals surface area contributed by atoms with E-state index in [4.69, 9.17) is 11.6 Å². The van der Waals surface area contributed by atoms with Gasteiger partial charge in [0.25, 0.3) is 0 Å². The third-order valence-electron chi connectivity index (χ3n) is 6.00. The van der Waals surface area contributed by atoms with Crippen molar-refractivity contribution in [3.05, 3.63) is 22.4 Å². The molecule has 19 heavy (non-hydrogen) atoms. The molecule has 0 nitrogen and oxygen atoms in total. The van der Waals surface area contributed by atoms with E-state index in [1.807, 2.05) is 11.3 Å². The molecule has 0 aromatic carbocycles. The van der Waals surface area contributed by atoms with Gasteiger partial charge in [-0.25, -0.2) is 0 Å². The summed E-state index contributed by atoms with van der Waals surface area (Å²) in [5, 5.41) is 2.42. The molecule has 1 aromatic rings. The molecule has 4 bridgehead atoms. The highest BCUT2D eigenvalue weighted by Crippen LogP contribution is 2.73. The van der Waals surface area contributed by atoms with Crippen molar-refractivity contribution in [2.24, 2.45) is 22.2 Å². The van der Waals surface area contributed by atoms with Crippen molar-refractivity contribution in [3.8, 4) is 0 Å². The Hall–Kier alpha value is -0.0100. The average Bonchev–Trinajstić information content (AvgIpc) is 2.75. The summed E-state index contributed by atoms with van der Waals surface area (Å²) in [4.78, 5) is 1.40. The standard InChI is InChI=1S/C17H23ClS/c1-15-6-12-7-16(2,9-15)11-17(8-12,10-15)14(18)13-4-3-5-19-13/h3-5,12,14H,6-11H2,1-2H3. The second-order valence-electron chi connectivity index (χ2n) is 8.37. The molecule has 0 amide bonds. The molecule has 4 aliphatic carbocycles. The van der Waals surface area contributed by atoms with Crippen molar-refractivity contribution in [1.29, 1.82) is 0 Å². The van der Waals surface area contributed by atoms with E-state index in [0.29, 0.717) is 16.2 Å². The predicted molar refractivity (Wildman–Crippen MR) is 82.8 cm³/mol. The molecule has 3 atom stereocenters. The molecule has 0 radical (unpaired) electrons. The highest BCUT2D eigenvalue weighted by Gasteiger charge is 2.62. The van der Waals surface area contributed by atoms with Crippen LogP contribution in [-0.4, -0.2) is 0 Å². The van der Waals surface area contributed by atoms with Crippen LogP contribution in [0.15, 0.2) is 17.5 Å². The lowest BCUT2D eigenvalue weighted by molar-refractivity contribution is -0.146. The van der Waals surface area contributed by atoms with E-state index in [1.165, 1.54) is 43.4 Å². The molecule has 4 saturated carbocycles. The third-order valence-corrected chi connectivity index (χ3v) is 7.76. The Labute approximate surface area is 125 Å². The second-order valence-corrected chi connectivity index (χ2v) is 9.79. The van der Waals surface area contributed by atoms with Gasteiger partial charge in [-0.15, -0.1) is 22.9 Å². The molecule has 5 rings (SSSR count). The first-order valence-corrected chi connectivity index (χ1v) is 8.91. The summed E-state index contributed by atoms with van der Waals surface area (Å²) < 4.78 is 0. The predicted octanol–water partition coefficient (Wildman–Crippen LogP) is 6.02. The lowest BCUT2D eigenvalue weighted by Gasteiger charge is -2.66. The van der Waals surface area contributed by atoms with Crippen molar-refractivity contribution in [3.63, 3.8) is 0 Å². The van der Waals surface area contributed by atoms with Gasteiger partial charge in [-0.2, -0.15) is 0 Å². The lowest BCUT2D eigenvalue weighted by atomic mass is 9.39. The second kappa shape index (κ2) is 3.80. The third kappa shape index (κ3) is 1.84. The van der Waals surface area contributed by atoms with Crippen LogP contribution in [0, 0.1) is 22.2 Å². The number of halogens is 1. The first-order chi connectivity index (χ1) is 8.92. The van der Waals surface area contributed by atoms with Crippen LogP contribution in [0.5, 0.6) is 0 Å². The number of rotatable bonds is 2. The summed E-state index contributed by atoms with van der Waals surface area (Å²) in [5.41, 5.74) is 1.52. The van der Waals surface area contributed by atoms with E-state index in [9.17, 15) is 0 Å². The van der Waals surface area contributed by atoms with Crippen LogP contribution >= 0.6 is 22.9 Å². The maximum absolute atomic E-state index is 7.00. The van der Waals surface area contributed by atoms with E-state index < -0.39 is 0 Å². The van der Waals surface area contributed by atoms with Gasteiger partial charge in [-0.1, -0.05) is 19.9 Å².